The van der Waals surface area contributed by atoms with Gasteiger partial charge >= 0.3 is 0 Å². The zero-order valence-corrected chi connectivity index (χ0v) is 16.1. The number of amides is 1. The van der Waals surface area contributed by atoms with E-state index in [0.29, 0.717) is 11.3 Å². The third kappa shape index (κ3) is 3.88. The summed E-state index contributed by atoms with van der Waals surface area (Å²) in [6, 6.07) is 9.99. The van der Waals surface area contributed by atoms with Crippen LogP contribution in [0.1, 0.15) is 40.9 Å². The van der Waals surface area contributed by atoms with Crippen LogP contribution in [-0.2, 0) is 0 Å². The van der Waals surface area contributed by atoms with Gasteiger partial charge in [0, 0.05) is 17.8 Å². The van der Waals surface area contributed by atoms with E-state index < -0.39 is 0 Å². The highest BCUT2D eigenvalue weighted by atomic mass is 16.1. The highest BCUT2D eigenvalue weighted by Gasteiger charge is 2.29. The van der Waals surface area contributed by atoms with Crippen molar-refractivity contribution in [3.05, 3.63) is 65.7 Å². The molecule has 0 spiro atoms. The van der Waals surface area contributed by atoms with Gasteiger partial charge in [-0.1, -0.05) is 11.6 Å². The predicted molar refractivity (Wildman–Crippen MR) is 108 cm³/mol. The zero-order chi connectivity index (χ0) is 19.5. The summed E-state index contributed by atoms with van der Waals surface area (Å²) < 4.78 is 0. The van der Waals surface area contributed by atoms with Gasteiger partial charge < -0.3 is 10.6 Å². The molecule has 1 aromatic carbocycles. The molecule has 0 bridgehead atoms. The second-order valence-corrected chi connectivity index (χ2v) is 7.29. The van der Waals surface area contributed by atoms with Gasteiger partial charge in [-0.15, -0.1) is 0 Å². The van der Waals surface area contributed by atoms with Crippen molar-refractivity contribution in [2.24, 2.45) is 0 Å². The van der Waals surface area contributed by atoms with Crippen molar-refractivity contribution in [2.45, 2.75) is 45.2 Å². The number of pyridine rings is 1. The van der Waals surface area contributed by atoms with Crippen molar-refractivity contribution in [1.29, 1.82) is 0 Å². The Morgan fingerprint density at radius 2 is 1.86 bits per heavy atom. The predicted octanol–water partition coefficient (Wildman–Crippen LogP) is 3.04. The molecule has 0 radical (unpaired) electrons. The van der Waals surface area contributed by atoms with E-state index in [4.69, 9.17) is 0 Å². The van der Waals surface area contributed by atoms with Gasteiger partial charge in [-0.2, -0.15) is 15.0 Å². The quantitative estimate of drug-likeness (QED) is 0.715. The SMILES string of the molecule is Cc1ccc(-n2nccn2)c(C(=O)N[C@H]2CCC[C@@H]2Nc2ccc(C)nc2)c1. The first-order valence-electron chi connectivity index (χ1n) is 9.57. The molecule has 1 fully saturated rings. The van der Waals surface area contributed by atoms with Crippen molar-refractivity contribution in [2.75, 3.05) is 5.32 Å². The van der Waals surface area contributed by atoms with Gasteiger partial charge in [-0.25, -0.2) is 0 Å². The fourth-order valence-electron chi connectivity index (χ4n) is 3.67. The third-order valence-corrected chi connectivity index (χ3v) is 5.13. The Labute approximate surface area is 164 Å². The molecule has 1 amide bonds. The molecule has 4 rings (SSSR count). The number of aromatic nitrogens is 4. The van der Waals surface area contributed by atoms with E-state index >= 15 is 0 Å². The number of nitrogens with zero attached hydrogens (tertiary/aromatic N) is 4. The minimum absolute atomic E-state index is 0.0627. The molecule has 1 aliphatic carbocycles. The molecular formula is C21H24N6O. The van der Waals surface area contributed by atoms with Gasteiger partial charge in [0.15, 0.2) is 0 Å². The van der Waals surface area contributed by atoms with Crippen LogP contribution in [0.15, 0.2) is 48.9 Å². The van der Waals surface area contributed by atoms with Crippen molar-refractivity contribution in [3.8, 4) is 5.69 Å². The summed E-state index contributed by atoms with van der Waals surface area (Å²) in [7, 11) is 0. The summed E-state index contributed by atoms with van der Waals surface area (Å²) in [6.45, 7) is 3.94. The maximum Gasteiger partial charge on any atom is 0.253 e. The van der Waals surface area contributed by atoms with Gasteiger partial charge in [0.1, 0.15) is 0 Å². The number of carbonyl (C=O) groups is 1. The second kappa shape index (κ2) is 7.80. The van der Waals surface area contributed by atoms with Crippen molar-refractivity contribution < 1.29 is 4.79 Å². The van der Waals surface area contributed by atoms with Gasteiger partial charge in [0.05, 0.1) is 35.5 Å². The van der Waals surface area contributed by atoms with Crippen LogP contribution in [0.5, 0.6) is 0 Å². The Morgan fingerprint density at radius 1 is 1.07 bits per heavy atom. The van der Waals surface area contributed by atoms with Gasteiger partial charge in [-0.3, -0.25) is 9.78 Å². The first kappa shape index (κ1) is 18.2. The van der Waals surface area contributed by atoms with Gasteiger partial charge in [0.2, 0.25) is 0 Å². The normalized spacial score (nSPS) is 18.8. The lowest BCUT2D eigenvalue weighted by Gasteiger charge is -2.23. The summed E-state index contributed by atoms with van der Waals surface area (Å²) >= 11 is 0. The molecule has 7 nitrogen and oxygen atoms in total. The second-order valence-electron chi connectivity index (χ2n) is 7.29. The monoisotopic (exact) mass is 376 g/mol. The van der Waals surface area contributed by atoms with Crippen molar-refractivity contribution >= 4 is 11.6 Å². The Morgan fingerprint density at radius 3 is 2.61 bits per heavy atom. The van der Waals surface area contributed by atoms with Crippen molar-refractivity contribution in [1.82, 2.24) is 25.3 Å². The maximum atomic E-state index is 13.1. The molecular weight excluding hydrogens is 352 g/mol. The first-order chi connectivity index (χ1) is 13.6. The number of aryl methyl sites for hydroxylation is 2. The van der Waals surface area contributed by atoms with Crippen LogP contribution in [0.3, 0.4) is 0 Å². The molecule has 0 aliphatic heterocycles. The van der Waals surface area contributed by atoms with E-state index in [9.17, 15) is 4.79 Å². The lowest BCUT2D eigenvalue weighted by molar-refractivity contribution is 0.0935. The summed E-state index contributed by atoms with van der Waals surface area (Å²) in [5.74, 6) is -0.100. The van der Waals surface area contributed by atoms with Crippen molar-refractivity contribution in [3.63, 3.8) is 0 Å². The number of benzene rings is 1. The molecule has 1 aliphatic rings. The van der Waals surface area contributed by atoms with E-state index in [2.05, 4.69) is 25.8 Å². The topological polar surface area (TPSA) is 84.7 Å². The van der Waals surface area contributed by atoms with Crippen LogP contribution in [-0.4, -0.2) is 38.0 Å². The summed E-state index contributed by atoms with van der Waals surface area (Å²) in [4.78, 5) is 18.9. The summed E-state index contributed by atoms with van der Waals surface area (Å²) in [5.41, 5.74) is 4.25. The average Bonchev–Trinajstić information content (AvgIpc) is 3.36. The minimum atomic E-state index is -0.100. The minimum Gasteiger partial charge on any atom is -0.379 e. The van der Waals surface area contributed by atoms with Gasteiger partial charge in [-0.05, 0) is 57.4 Å². The smallest absolute Gasteiger partial charge is 0.253 e. The van der Waals surface area contributed by atoms with Crippen LogP contribution in [0.4, 0.5) is 5.69 Å². The van der Waals surface area contributed by atoms with Gasteiger partial charge in [0.25, 0.3) is 5.91 Å². The van der Waals surface area contributed by atoms with E-state index in [1.165, 1.54) is 4.80 Å². The molecule has 2 atom stereocenters. The van der Waals surface area contributed by atoms with E-state index in [0.717, 1.165) is 36.2 Å². The molecule has 0 saturated heterocycles. The number of anilines is 1. The number of hydrogen-bond acceptors (Lipinski definition) is 5. The Kier molecular flexibility index (Phi) is 5.06. The molecule has 2 aromatic heterocycles. The Bertz CT molecular complexity index is 952. The highest BCUT2D eigenvalue weighted by Crippen LogP contribution is 2.24. The van der Waals surface area contributed by atoms with Crippen LogP contribution in [0.25, 0.3) is 5.69 Å². The van der Waals surface area contributed by atoms with Crippen LogP contribution in [0.2, 0.25) is 0 Å². The molecule has 7 heteroatoms. The molecule has 2 N–H and O–H groups in total. The average molecular weight is 376 g/mol. The molecule has 0 unspecified atom stereocenters. The standard InChI is InChI=1S/C21H24N6O/c1-14-6-9-20(27-23-10-11-24-27)17(12-14)21(28)26-19-5-3-4-18(19)25-16-8-7-15(2)22-13-16/h6-13,18-19,25H,3-5H2,1-2H3,(H,26,28)/t18-,19-/m0/s1. The number of carbonyl (C=O) groups excluding carboxylic acids is 1. The fourth-order valence-corrected chi connectivity index (χ4v) is 3.67. The highest BCUT2D eigenvalue weighted by molar-refractivity contribution is 5.98. The number of hydrogen-bond donors (Lipinski definition) is 2. The number of rotatable bonds is 5. The summed E-state index contributed by atoms with van der Waals surface area (Å²) in [5, 5.41) is 15.1. The van der Waals surface area contributed by atoms with E-state index in [1.807, 2.05) is 50.4 Å². The van der Waals surface area contributed by atoms with Crippen LogP contribution in [0, 0.1) is 13.8 Å². The van der Waals surface area contributed by atoms with Crippen LogP contribution >= 0.6 is 0 Å². The van der Waals surface area contributed by atoms with E-state index in [-0.39, 0.29) is 18.0 Å². The fraction of sp³-hybridized carbons (Fsp3) is 0.333. The number of nitrogens with one attached hydrogen (secondary N) is 2. The maximum absolute atomic E-state index is 13.1. The molecule has 28 heavy (non-hydrogen) atoms. The van der Waals surface area contributed by atoms with E-state index in [1.54, 1.807) is 12.4 Å². The third-order valence-electron chi connectivity index (χ3n) is 5.13. The molecule has 2 heterocycles. The van der Waals surface area contributed by atoms with Crippen LogP contribution < -0.4 is 10.6 Å². The molecule has 3 aromatic rings. The lowest BCUT2D eigenvalue weighted by atomic mass is 10.1. The Balaban J connectivity index is 1.51. The zero-order valence-electron chi connectivity index (χ0n) is 16.1. The Hall–Kier alpha value is -3.22. The first-order valence-corrected chi connectivity index (χ1v) is 9.57. The lowest BCUT2D eigenvalue weighted by Crippen LogP contribution is -2.43. The molecule has 1 saturated carbocycles. The largest absolute Gasteiger partial charge is 0.379 e. The summed E-state index contributed by atoms with van der Waals surface area (Å²) in [6.07, 6.45) is 8.09. The molecule has 144 valence electrons.